The third-order valence-electron chi connectivity index (χ3n) is 8.22. The Morgan fingerprint density at radius 2 is 0.544 bits per heavy atom. The van der Waals surface area contributed by atoms with Gasteiger partial charge in [0.15, 0.2) is 0 Å². The first kappa shape index (κ1) is 42.9. The average Bonchev–Trinajstić information content (AvgIpc) is 3.23. The first-order valence-corrected chi connectivity index (χ1v) is 18.3. The van der Waals surface area contributed by atoms with Crippen LogP contribution in [0.3, 0.4) is 0 Å². The highest BCUT2D eigenvalue weighted by Gasteiger charge is 2.72. The summed E-state index contributed by atoms with van der Waals surface area (Å²) < 4.78 is 93.0. The van der Waals surface area contributed by atoms with E-state index in [1.54, 1.807) is 121 Å². The Hall–Kier alpha value is -6.86. The minimum absolute atomic E-state index is 0.0953. The summed E-state index contributed by atoms with van der Waals surface area (Å²) in [6, 6.07) is 40.4. The lowest BCUT2D eigenvalue weighted by Crippen LogP contribution is -2.54. The van der Waals surface area contributed by atoms with Crippen molar-refractivity contribution in [2.45, 2.75) is 45.5 Å². The van der Waals surface area contributed by atoms with Crippen molar-refractivity contribution in [3.05, 3.63) is 213 Å². The molecule has 0 aliphatic rings. The number of benzene rings is 6. The summed E-state index contributed by atoms with van der Waals surface area (Å²) >= 11 is 0. The minimum atomic E-state index is -5.85. The Labute approximate surface area is 331 Å². The van der Waals surface area contributed by atoms with Gasteiger partial charge in [0.1, 0.15) is 0 Å². The van der Waals surface area contributed by atoms with Crippen LogP contribution in [0.1, 0.15) is 83.3 Å². The van der Waals surface area contributed by atoms with Gasteiger partial charge in [-0.15, -0.1) is 0 Å². The number of alkyl halides is 6. The summed E-state index contributed by atoms with van der Waals surface area (Å²) in [4.78, 5) is 0. The number of halogens is 6. The maximum absolute atomic E-state index is 15.5. The van der Waals surface area contributed by atoms with Crippen LogP contribution in [0.15, 0.2) is 158 Å². The minimum Gasteiger partial charge on any atom is -0.169 e. The highest BCUT2D eigenvalue weighted by Crippen LogP contribution is 2.56. The Morgan fingerprint density at radius 3 is 0.789 bits per heavy atom. The molecule has 0 saturated carbocycles. The van der Waals surface area contributed by atoms with Gasteiger partial charge in [0.05, 0.1) is 0 Å². The van der Waals surface area contributed by atoms with E-state index >= 15 is 26.3 Å². The molecule has 57 heavy (non-hydrogen) atoms. The normalized spacial score (nSPS) is 10.4. The molecule has 0 aliphatic carbocycles. The molecule has 6 heteroatoms. The van der Waals surface area contributed by atoms with Crippen LogP contribution in [0.25, 0.3) is 0 Å². The van der Waals surface area contributed by atoms with Gasteiger partial charge in [0.25, 0.3) is 0 Å². The van der Waals surface area contributed by atoms with Crippen LogP contribution in [0.4, 0.5) is 26.3 Å². The Balaban J connectivity index is 0.00000174. The van der Waals surface area contributed by atoms with E-state index in [4.69, 9.17) is 0 Å². The van der Waals surface area contributed by atoms with Gasteiger partial charge in [0.2, 0.25) is 5.41 Å². The molecule has 284 valence electrons. The summed E-state index contributed by atoms with van der Waals surface area (Å²) in [6.07, 6.45) is -11.7. The lowest BCUT2D eigenvalue weighted by Gasteiger charge is -2.38. The lowest BCUT2D eigenvalue weighted by atomic mass is 9.71. The van der Waals surface area contributed by atoms with Gasteiger partial charge >= 0.3 is 12.4 Å². The molecule has 0 aromatic heterocycles. The topological polar surface area (TPSA) is 0 Å². The number of rotatable bonds is 2. The zero-order valence-corrected chi connectivity index (χ0v) is 31.8. The second-order valence-electron chi connectivity index (χ2n) is 11.7. The van der Waals surface area contributed by atoms with Gasteiger partial charge in [-0.3, -0.25) is 0 Å². The maximum atomic E-state index is 15.5. The molecule has 0 N–H and O–H groups in total. The van der Waals surface area contributed by atoms with Gasteiger partial charge < -0.3 is 0 Å². The zero-order valence-electron chi connectivity index (χ0n) is 31.8. The van der Waals surface area contributed by atoms with Crippen LogP contribution in [0.5, 0.6) is 0 Å². The molecule has 6 aromatic rings. The molecule has 0 radical (unpaired) electrons. The fourth-order valence-electron chi connectivity index (χ4n) is 5.61. The molecule has 0 aliphatic heterocycles. The predicted octanol–water partition coefficient (Wildman–Crippen LogP) is 12.7. The predicted molar refractivity (Wildman–Crippen MR) is 218 cm³/mol. The fourth-order valence-corrected chi connectivity index (χ4v) is 5.61. The summed E-state index contributed by atoms with van der Waals surface area (Å²) in [7, 11) is 0. The van der Waals surface area contributed by atoms with Crippen molar-refractivity contribution in [1.29, 1.82) is 0 Å². The van der Waals surface area contributed by atoms with Crippen molar-refractivity contribution < 1.29 is 26.3 Å². The molecule has 0 heterocycles. The van der Waals surface area contributed by atoms with Crippen LogP contribution < -0.4 is 0 Å². The Kier molecular flexibility index (Phi) is 15.2. The highest BCUT2D eigenvalue weighted by atomic mass is 19.4. The SMILES string of the molecule is CC.CC.FC(F)(F)C(c1ccc(C#Cc2ccccc2)c(C#Cc2ccccc2)c1)(c1ccc(C#Cc2ccccc2)c(C#Cc2ccccc2)c1)C(F)(F)F. The van der Waals surface area contributed by atoms with Gasteiger partial charge in [-0.1, -0.05) is 160 Å². The van der Waals surface area contributed by atoms with Crippen molar-refractivity contribution in [1.82, 2.24) is 0 Å². The molecule has 0 fully saturated rings. The Bertz CT molecular complexity index is 2290. The van der Waals surface area contributed by atoms with Crippen LogP contribution in [-0.4, -0.2) is 12.4 Å². The van der Waals surface area contributed by atoms with E-state index in [0.29, 0.717) is 22.3 Å². The summed E-state index contributed by atoms with van der Waals surface area (Å²) in [5.41, 5.74) is -4.20. The number of hydrogen-bond donors (Lipinski definition) is 0. The molecular formula is C51H38F6. The molecule has 0 spiro atoms. The van der Waals surface area contributed by atoms with E-state index < -0.39 is 28.9 Å². The smallest absolute Gasteiger partial charge is 0.169 e. The van der Waals surface area contributed by atoms with Crippen molar-refractivity contribution in [3.63, 3.8) is 0 Å². The third kappa shape index (κ3) is 10.7. The largest absolute Gasteiger partial charge is 0.411 e. The van der Waals surface area contributed by atoms with E-state index in [1.807, 2.05) is 27.7 Å². The van der Waals surface area contributed by atoms with Crippen LogP contribution in [-0.2, 0) is 5.41 Å². The first-order valence-electron chi connectivity index (χ1n) is 18.3. The maximum Gasteiger partial charge on any atom is 0.411 e. The van der Waals surface area contributed by atoms with Crippen LogP contribution >= 0.6 is 0 Å². The number of hydrogen-bond acceptors (Lipinski definition) is 0. The lowest BCUT2D eigenvalue weighted by molar-refractivity contribution is -0.288. The van der Waals surface area contributed by atoms with Crippen LogP contribution in [0.2, 0.25) is 0 Å². The summed E-state index contributed by atoms with van der Waals surface area (Å²) in [5.74, 6) is 22.9. The molecule has 0 amide bonds. The molecule has 0 nitrogen and oxygen atoms in total. The zero-order chi connectivity index (χ0) is 41.3. The molecule has 0 unspecified atom stereocenters. The summed E-state index contributed by atoms with van der Waals surface area (Å²) in [5, 5.41) is 0. The molecule has 6 aromatic carbocycles. The van der Waals surface area contributed by atoms with Gasteiger partial charge in [-0.2, -0.15) is 26.3 Å². The molecule has 0 atom stereocenters. The standard InChI is InChI=1S/C47H26F6.2C2H6/c48-46(49,50)45(47(51,52)53,43-31-29-39(25-21-35-13-5-1-6-14-35)41(33-43)27-23-37-17-9-3-10-18-37)44-32-30-40(26-22-36-15-7-2-8-16-36)42(34-44)28-24-38-19-11-4-12-20-38;2*1-2/h1-20,29-34H;2*1-2H3. The average molecular weight is 765 g/mol. The van der Waals surface area contributed by atoms with Gasteiger partial charge in [-0.25, -0.2) is 0 Å². The van der Waals surface area contributed by atoms with Crippen molar-refractivity contribution in [2.75, 3.05) is 0 Å². The quantitative estimate of drug-likeness (QED) is 0.122. The van der Waals surface area contributed by atoms with E-state index in [0.717, 1.165) is 36.4 Å². The van der Waals surface area contributed by atoms with Crippen molar-refractivity contribution in [3.8, 4) is 47.4 Å². The second-order valence-corrected chi connectivity index (χ2v) is 11.7. The highest BCUT2D eigenvalue weighted by molar-refractivity contribution is 5.61. The summed E-state index contributed by atoms with van der Waals surface area (Å²) in [6.45, 7) is 8.00. The van der Waals surface area contributed by atoms with Crippen molar-refractivity contribution >= 4 is 0 Å². The second kappa shape index (κ2) is 20.2. The monoisotopic (exact) mass is 764 g/mol. The van der Waals surface area contributed by atoms with E-state index in [9.17, 15) is 0 Å². The van der Waals surface area contributed by atoms with E-state index in [-0.39, 0.29) is 22.3 Å². The Morgan fingerprint density at radius 1 is 0.298 bits per heavy atom. The van der Waals surface area contributed by atoms with Gasteiger partial charge in [0, 0.05) is 44.5 Å². The van der Waals surface area contributed by atoms with Crippen molar-refractivity contribution in [2.24, 2.45) is 0 Å². The van der Waals surface area contributed by atoms with E-state index in [1.165, 1.54) is 0 Å². The first-order chi connectivity index (χ1) is 27.5. The molecular weight excluding hydrogens is 727 g/mol. The van der Waals surface area contributed by atoms with E-state index in [2.05, 4.69) is 47.4 Å². The molecule has 6 rings (SSSR count). The van der Waals surface area contributed by atoms with Gasteiger partial charge in [-0.05, 0) is 83.9 Å². The molecule has 0 bridgehead atoms. The molecule has 0 saturated heterocycles. The van der Waals surface area contributed by atoms with Crippen LogP contribution in [0, 0.1) is 47.4 Å². The fraction of sp³-hybridized carbons (Fsp3) is 0.137. The third-order valence-corrected chi connectivity index (χ3v) is 8.22.